The van der Waals surface area contributed by atoms with Crippen molar-refractivity contribution in [2.75, 3.05) is 44.3 Å². The number of rotatable bonds is 3. The molecule has 0 aromatic heterocycles. The number of nitrogens with one attached hydrogen (secondary N) is 1. The number of nitrogens with zero attached hydrogens (tertiary/aromatic N) is 2. The molecule has 0 saturated carbocycles. The van der Waals surface area contributed by atoms with E-state index in [0.717, 1.165) is 31.0 Å². The fraction of sp³-hybridized carbons (Fsp3) is 0.588. The first-order chi connectivity index (χ1) is 10.8. The van der Waals surface area contributed by atoms with E-state index in [1.807, 2.05) is 33.9 Å². The molecule has 0 radical (unpaired) electrons. The van der Waals surface area contributed by atoms with Gasteiger partial charge in [-0.3, -0.25) is 4.90 Å². The summed E-state index contributed by atoms with van der Waals surface area (Å²) in [4.78, 5) is 16.2. The molecule has 6 heteroatoms. The summed E-state index contributed by atoms with van der Waals surface area (Å²) in [6, 6.07) is 6.06. The van der Waals surface area contributed by atoms with Crippen LogP contribution in [0, 0.1) is 0 Å². The minimum atomic E-state index is -0.443. The van der Waals surface area contributed by atoms with Crippen LogP contribution >= 0.6 is 0 Å². The van der Waals surface area contributed by atoms with Gasteiger partial charge in [-0.15, -0.1) is 0 Å². The smallest absolute Gasteiger partial charge is 0.410 e. The standard InChI is InChI=1S/C17H28N4O2/c1-17(2,3)23-16(22)21-9-7-20(8-10-21)12-13-5-6-14(18)15(11-13)19-4/h5-6,11,19H,7-10,12,18H2,1-4H3. The van der Waals surface area contributed by atoms with Gasteiger partial charge >= 0.3 is 6.09 Å². The van der Waals surface area contributed by atoms with E-state index in [9.17, 15) is 4.79 Å². The Hall–Kier alpha value is -1.95. The third kappa shape index (κ3) is 5.03. The number of benzene rings is 1. The second-order valence-corrected chi connectivity index (χ2v) is 6.92. The van der Waals surface area contributed by atoms with Crippen LogP contribution < -0.4 is 11.1 Å². The van der Waals surface area contributed by atoms with E-state index in [0.29, 0.717) is 13.1 Å². The second-order valence-electron chi connectivity index (χ2n) is 6.92. The van der Waals surface area contributed by atoms with Gasteiger partial charge < -0.3 is 20.7 Å². The van der Waals surface area contributed by atoms with E-state index in [1.165, 1.54) is 5.56 Å². The van der Waals surface area contributed by atoms with Crippen molar-refractivity contribution < 1.29 is 9.53 Å². The number of hydrogen-bond acceptors (Lipinski definition) is 5. The highest BCUT2D eigenvalue weighted by Gasteiger charge is 2.25. The molecule has 23 heavy (non-hydrogen) atoms. The molecule has 6 nitrogen and oxygen atoms in total. The Kier molecular flexibility index (Phi) is 5.36. The van der Waals surface area contributed by atoms with Crippen LogP contribution in [0.3, 0.4) is 0 Å². The highest BCUT2D eigenvalue weighted by atomic mass is 16.6. The first-order valence-corrected chi connectivity index (χ1v) is 8.05. The molecule has 1 saturated heterocycles. The largest absolute Gasteiger partial charge is 0.444 e. The number of hydrogen-bond donors (Lipinski definition) is 2. The predicted molar refractivity (Wildman–Crippen MR) is 93.5 cm³/mol. The molecule has 128 valence electrons. The number of nitrogen functional groups attached to an aromatic ring is 1. The van der Waals surface area contributed by atoms with Crippen molar-refractivity contribution in [2.45, 2.75) is 32.9 Å². The summed E-state index contributed by atoms with van der Waals surface area (Å²) >= 11 is 0. The Balaban J connectivity index is 1.86. The summed E-state index contributed by atoms with van der Waals surface area (Å²) in [5.41, 5.74) is 8.38. The van der Waals surface area contributed by atoms with E-state index in [2.05, 4.69) is 22.3 Å². The molecule has 1 fully saturated rings. The monoisotopic (exact) mass is 320 g/mol. The first kappa shape index (κ1) is 17.4. The Labute approximate surface area is 138 Å². The molecule has 1 aromatic carbocycles. The van der Waals surface area contributed by atoms with E-state index >= 15 is 0 Å². The summed E-state index contributed by atoms with van der Waals surface area (Å²) in [6.07, 6.45) is -0.220. The van der Waals surface area contributed by atoms with Crippen LogP contribution in [0.2, 0.25) is 0 Å². The highest BCUT2D eigenvalue weighted by Crippen LogP contribution is 2.21. The minimum absolute atomic E-state index is 0.220. The lowest BCUT2D eigenvalue weighted by atomic mass is 10.1. The molecule has 0 spiro atoms. The molecule has 0 aliphatic carbocycles. The van der Waals surface area contributed by atoms with E-state index in [-0.39, 0.29) is 6.09 Å². The molecule has 0 atom stereocenters. The zero-order chi connectivity index (χ0) is 17.0. The maximum atomic E-state index is 12.1. The normalized spacial score (nSPS) is 16.3. The van der Waals surface area contributed by atoms with Gasteiger partial charge in [-0.25, -0.2) is 4.79 Å². The molecular weight excluding hydrogens is 292 g/mol. The van der Waals surface area contributed by atoms with Crippen LogP contribution in [0.4, 0.5) is 16.2 Å². The number of piperazine rings is 1. The third-order valence-electron chi connectivity index (χ3n) is 3.82. The van der Waals surface area contributed by atoms with Gasteiger partial charge in [0.25, 0.3) is 0 Å². The van der Waals surface area contributed by atoms with Crippen molar-refractivity contribution in [1.29, 1.82) is 0 Å². The molecule has 1 aromatic rings. The number of carbonyl (C=O) groups is 1. The minimum Gasteiger partial charge on any atom is -0.444 e. The van der Waals surface area contributed by atoms with Crippen molar-refractivity contribution in [2.24, 2.45) is 0 Å². The predicted octanol–water partition coefficient (Wildman–Crippen LogP) is 2.36. The molecule has 0 unspecified atom stereocenters. The van der Waals surface area contributed by atoms with E-state index < -0.39 is 5.60 Å². The molecule has 1 heterocycles. The maximum absolute atomic E-state index is 12.1. The molecule has 3 N–H and O–H groups in total. The van der Waals surface area contributed by atoms with Crippen molar-refractivity contribution >= 4 is 17.5 Å². The van der Waals surface area contributed by atoms with Crippen molar-refractivity contribution in [3.8, 4) is 0 Å². The summed E-state index contributed by atoms with van der Waals surface area (Å²) in [5.74, 6) is 0. The average molecular weight is 320 g/mol. The fourth-order valence-corrected chi connectivity index (χ4v) is 2.59. The first-order valence-electron chi connectivity index (χ1n) is 8.05. The molecule has 1 aliphatic rings. The third-order valence-corrected chi connectivity index (χ3v) is 3.82. The van der Waals surface area contributed by atoms with Gasteiger partial charge in [-0.2, -0.15) is 0 Å². The van der Waals surface area contributed by atoms with Crippen LogP contribution in [0.5, 0.6) is 0 Å². The van der Waals surface area contributed by atoms with Gasteiger partial charge in [0.15, 0.2) is 0 Å². The molecule has 0 bridgehead atoms. The number of carbonyl (C=O) groups excluding carboxylic acids is 1. The Bertz CT molecular complexity index is 546. The molecule has 1 amide bonds. The maximum Gasteiger partial charge on any atom is 0.410 e. The number of anilines is 2. The van der Waals surface area contributed by atoms with Crippen LogP contribution in [0.25, 0.3) is 0 Å². The van der Waals surface area contributed by atoms with Gasteiger partial charge in [0.2, 0.25) is 0 Å². The summed E-state index contributed by atoms with van der Waals surface area (Å²) in [7, 11) is 1.87. The van der Waals surface area contributed by atoms with Gasteiger partial charge in [0, 0.05) is 39.8 Å². The quantitative estimate of drug-likeness (QED) is 0.837. The Morgan fingerprint density at radius 1 is 1.26 bits per heavy atom. The van der Waals surface area contributed by atoms with E-state index in [4.69, 9.17) is 10.5 Å². The fourth-order valence-electron chi connectivity index (χ4n) is 2.59. The van der Waals surface area contributed by atoms with Crippen molar-refractivity contribution in [3.05, 3.63) is 23.8 Å². The highest BCUT2D eigenvalue weighted by molar-refractivity contribution is 5.68. The van der Waals surface area contributed by atoms with Gasteiger partial charge in [-0.05, 0) is 38.5 Å². The zero-order valence-corrected chi connectivity index (χ0v) is 14.6. The SMILES string of the molecule is CNc1cc(CN2CCN(C(=O)OC(C)(C)C)CC2)ccc1N. The summed E-state index contributed by atoms with van der Waals surface area (Å²) in [6.45, 7) is 9.62. The lowest BCUT2D eigenvalue weighted by Crippen LogP contribution is -2.49. The molecule has 1 aliphatic heterocycles. The lowest BCUT2D eigenvalue weighted by Gasteiger charge is -2.35. The lowest BCUT2D eigenvalue weighted by molar-refractivity contribution is 0.0139. The van der Waals surface area contributed by atoms with E-state index in [1.54, 1.807) is 4.90 Å². The van der Waals surface area contributed by atoms with Crippen LogP contribution in [-0.2, 0) is 11.3 Å². The van der Waals surface area contributed by atoms with Crippen LogP contribution in [-0.4, -0.2) is 54.7 Å². The summed E-state index contributed by atoms with van der Waals surface area (Å²) < 4.78 is 5.42. The number of ether oxygens (including phenoxy) is 1. The molecular formula is C17H28N4O2. The van der Waals surface area contributed by atoms with Gasteiger partial charge in [0.05, 0.1) is 11.4 Å². The van der Waals surface area contributed by atoms with Crippen molar-refractivity contribution in [1.82, 2.24) is 9.80 Å². The number of amides is 1. The zero-order valence-electron chi connectivity index (χ0n) is 14.6. The second kappa shape index (κ2) is 7.08. The average Bonchev–Trinajstić information content (AvgIpc) is 2.48. The Morgan fingerprint density at radius 2 is 1.91 bits per heavy atom. The van der Waals surface area contributed by atoms with Crippen molar-refractivity contribution in [3.63, 3.8) is 0 Å². The van der Waals surface area contributed by atoms with Gasteiger partial charge in [0.1, 0.15) is 5.60 Å². The van der Waals surface area contributed by atoms with Crippen LogP contribution in [0.15, 0.2) is 18.2 Å². The van der Waals surface area contributed by atoms with Crippen LogP contribution in [0.1, 0.15) is 26.3 Å². The topological polar surface area (TPSA) is 70.8 Å². The number of nitrogens with two attached hydrogens (primary N) is 1. The summed E-state index contributed by atoms with van der Waals surface area (Å²) in [5, 5.41) is 3.10. The van der Waals surface area contributed by atoms with Gasteiger partial charge in [-0.1, -0.05) is 6.07 Å². The molecule has 2 rings (SSSR count). The Morgan fingerprint density at radius 3 is 2.48 bits per heavy atom.